The van der Waals surface area contributed by atoms with Crippen molar-refractivity contribution >= 4 is 15.7 Å². The summed E-state index contributed by atoms with van der Waals surface area (Å²) in [6.45, 7) is 7.45. The molecule has 4 rings (SSSR count). The Kier molecular flexibility index (Phi) is 6.74. The molecule has 31 heavy (non-hydrogen) atoms. The molecule has 2 aromatic rings. The van der Waals surface area contributed by atoms with Crippen LogP contribution in [0.15, 0.2) is 39.9 Å². The van der Waals surface area contributed by atoms with E-state index in [4.69, 9.17) is 9.47 Å². The third-order valence-corrected chi connectivity index (χ3v) is 7.79. The number of methoxy groups -OCH3 is 1. The Morgan fingerprint density at radius 3 is 2.68 bits per heavy atom. The highest BCUT2D eigenvalue weighted by molar-refractivity contribution is 7.93. The zero-order valence-corrected chi connectivity index (χ0v) is 19.3. The van der Waals surface area contributed by atoms with Gasteiger partial charge in [0, 0.05) is 64.4 Å². The fourth-order valence-electron chi connectivity index (χ4n) is 4.01. The number of benzene rings is 1. The van der Waals surface area contributed by atoms with Crippen molar-refractivity contribution in [3.63, 3.8) is 0 Å². The largest absolute Gasteiger partial charge is 0.493 e. The number of anilines is 1. The normalized spacial score (nSPS) is 19.4. The van der Waals surface area contributed by atoms with Gasteiger partial charge in [0.2, 0.25) is 5.95 Å². The number of fused-ring (bicyclic) bond motifs is 1. The molecule has 0 amide bonds. The predicted octanol–water partition coefficient (Wildman–Crippen LogP) is 2.40. The van der Waals surface area contributed by atoms with Gasteiger partial charge < -0.3 is 14.4 Å². The maximum atomic E-state index is 12.7. The van der Waals surface area contributed by atoms with Crippen LogP contribution in [0.1, 0.15) is 24.1 Å². The van der Waals surface area contributed by atoms with E-state index in [1.54, 1.807) is 25.8 Å². The summed E-state index contributed by atoms with van der Waals surface area (Å²) in [6, 6.07) is 6.96. The topological polar surface area (TPSA) is 80.2 Å². The third kappa shape index (κ3) is 4.99. The highest BCUT2D eigenvalue weighted by Crippen LogP contribution is 2.31. The van der Waals surface area contributed by atoms with E-state index in [0.717, 1.165) is 45.0 Å². The Bertz CT molecular complexity index is 1010. The number of rotatable bonds is 7. The summed E-state index contributed by atoms with van der Waals surface area (Å²) in [5.74, 6) is 1.71. The first-order valence-electron chi connectivity index (χ1n) is 10.7. The molecule has 8 nitrogen and oxygen atoms in total. The smallest absolute Gasteiger partial charge is 0.225 e. The molecule has 1 aromatic carbocycles. The Morgan fingerprint density at radius 2 is 1.97 bits per heavy atom. The molecule has 1 fully saturated rings. The highest BCUT2D eigenvalue weighted by atomic mass is 32.2. The van der Waals surface area contributed by atoms with Gasteiger partial charge in [0.1, 0.15) is 5.75 Å². The first-order chi connectivity index (χ1) is 15.0. The van der Waals surface area contributed by atoms with Crippen molar-refractivity contribution in [1.29, 1.82) is 0 Å². The molecule has 0 unspecified atom stereocenters. The van der Waals surface area contributed by atoms with Crippen molar-refractivity contribution < 1.29 is 13.7 Å². The van der Waals surface area contributed by atoms with Crippen LogP contribution < -0.4 is 9.64 Å². The summed E-state index contributed by atoms with van der Waals surface area (Å²) < 4.78 is 27.7. The van der Waals surface area contributed by atoms with Crippen molar-refractivity contribution in [3.05, 3.63) is 41.7 Å². The van der Waals surface area contributed by atoms with E-state index in [0.29, 0.717) is 30.0 Å². The monoisotopic (exact) mass is 445 g/mol. The maximum absolute atomic E-state index is 12.7. The first-order valence-corrected chi connectivity index (χ1v) is 12.6. The number of hydrogen-bond acceptors (Lipinski definition) is 8. The lowest BCUT2D eigenvalue weighted by molar-refractivity contribution is 0.197. The van der Waals surface area contributed by atoms with Gasteiger partial charge in [0.15, 0.2) is 0 Å². The lowest BCUT2D eigenvalue weighted by atomic mass is 10.0. The van der Waals surface area contributed by atoms with Gasteiger partial charge in [-0.15, -0.1) is 0 Å². The van der Waals surface area contributed by atoms with Crippen LogP contribution in [0.5, 0.6) is 5.75 Å². The Balaban J connectivity index is 1.36. The minimum atomic E-state index is -2.50. The Morgan fingerprint density at radius 1 is 1.23 bits per heavy atom. The van der Waals surface area contributed by atoms with E-state index >= 15 is 0 Å². The molecular formula is C22H31N5O3S. The molecule has 0 bridgehead atoms. The van der Waals surface area contributed by atoms with Crippen LogP contribution in [0.2, 0.25) is 0 Å². The third-order valence-electron chi connectivity index (χ3n) is 6.03. The molecule has 2 aliphatic rings. The fraction of sp³-hybridized carbons (Fsp3) is 0.545. The summed E-state index contributed by atoms with van der Waals surface area (Å²) >= 11 is 0. The summed E-state index contributed by atoms with van der Waals surface area (Å²) in [5.41, 5.74) is 2.61. The molecule has 1 aromatic heterocycles. The predicted molar refractivity (Wildman–Crippen MR) is 121 cm³/mol. The van der Waals surface area contributed by atoms with Crippen LogP contribution in [0.4, 0.5) is 5.95 Å². The lowest BCUT2D eigenvalue weighted by Gasteiger charge is -2.38. The van der Waals surface area contributed by atoms with Crippen LogP contribution in [-0.4, -0.2) is 78.4 Å². The van der Waals surface area contributed by atoms with Crippen LogP contribution >= 0.6 is 0 Å². The van der Waals surface area contributed by atoms with Gasteiger partial charge in [0.25, 0.3) is 0 Å². The van der Waals surface area contributed by atoms with Gasteiger partial charge in [-0.1, -0.05) is 12.1 Å². The van der Waals surface area contributed by atoms with Crippen LogP contribution in [0.25, 0.3) is 0 Å². The second-order valence-electron chi connectivity index (χ2n) is 8.03. The van der Waals surface area contributed by atoms with Crippen molar-refractivity contribution in [1.82, 2.24) is 14.9 Å². The molecule has 2 atom stereocenters. The number of hydrogen-bond donors (Lipinski definition) is 0. The van der Waals surface area contributed by atoms with Crippen molar-refractivity contribution in [2.24, 2.45) is 4.36 Å². The summed E-state index contributed by atoms with van der Waals surface area (Å²) in [6.07, 6.45) is 5.90. The van der Waals surface area contributed by atoms with E-state index in [1.807, 2.05) is 0 Å². The van der Waals surface area contributed by atoms with Crippen molar-refractivity contribution in [2.45, 2.75) is 24.3 Å². The summed E-state index contributed by atoms with van der Waals surface area (Å²) in [4.78, 5) is 14.2. The molecule has 3 heterocycles. The van der Waals surface area contributed by atoms with Crippen molar-refractivity contribution in [3.8, 4) is 5.75 Å². The molecule has 1 saturated heterocycles. The number of piperazine rings is 1. The van der Waals surface area contributed by atoms with E-state index < -0.39 is 9.73 Å². The Hall–Kier alpha value is -2.23. The molecule has 0 spiro atoms. The van der Waals surface area contributed by atoms with Crippen LogP contribution in [-0.2, 0) is 20.9 Å². The average Bonchev–Trinajstić information content (AvgIpc) is 3.27. The SMILES string of the molecule is COCCN=[S@](C)(=O)c1cnc(N2CCN([C@@H](C)c3ccc4c(c3)OCC4)CC2)nc1. The molecule has 2 aliphatic heterocycles. The van der Waals surface area contributed by atoms with Gasteiger partial charge in [-0.05, 0) is 24.1 Å². The molecule has 0 radical (unpaired) electrons. The standard InChI is InChI=1S/C22H31N5O3S/c1-17(19-5-4-18-6-12-30-21(18)14-19)26-8-10-27(11-9-26)22-23-15-20(16-24-22)31(3,28)25-7-13-29-2/h4-5,14-17H,6-13H2,1-3H3/t17-,31+/m0/s1. The van der Waals surface area contributed by atoms with Crippen LogP contribution in [0.3, 0.4) is 0 Å². The number of aromatic nitrogens is 2. The number of ether oxygens (including phenoxy) is 2. The quantitative estimate of drug-likeness (QED) is 0.606. The molecule has 0 saturated carbocycles. The fourth-order valence-corrected chi connectivity index (χ4v) is 5.08. The van der Waals surface area contributed by atoms with E-state index in [-0.39, 0.29) is 0 Å². The summed E-state index contributed by atoms with van der Waals surface area (Å²) in [7, 11) is -0.899. The maximum Gasteiger partial charge on any atom is 0.225 e. The van der Waals surface area contributed by atoms with Gasteiger partial charge in [-0.25, -0.2) is 18.5 Å². The highest BCUT2D eigenvalue weighted by Gasteiger charge is 2.25. The van der Waals surface area contributed by atoms with Crippen molar-refractivity contribution in [2.75, 3.05) is 64.2 Å². The minimum absolute atomic E-state index is 0.332. The van der Waals surface area contributed by atoms with E-state index in [1.165, 1.54) is 11.1 Å². The summed E-state index contributed by atoms with van der Waals surface area (Å²) in [5, 5.41) is 0. The van der Waals surface area contributed by atoms with E-state index in [2.05, 4.69) is 49.3 Å². The number of nitrogens with zero attached hydrogens (tertiary/aromatic N) is 5. The van der Waals surface area contributed by atoms with Gasteiger partial charge in [-0.2, -0.15) is 0 Å². The second kappa shape index (κ2) is 9.50. The first kappa shape index (κ1) is 22.0. The van der Waals surface area contributed by atoms with Gasteiger partial charge in [0.05, 0.1) is 34.4 Å². The lowest BCUT2D eigenvalue weighted by Crippen LogP contribution is -2.47. The second-order valence-corrected chi connectivity index (χ2v) is 10.4. The average molecular weight is 446 g/mol. The molecule has 9 heteroatoms. The van der Waals surface area contributed by atoms with E-state index in [9.17, 15) is 4.21 Å². The molecular weight excluding hydrogens is 414 g/mol. The van der Waals surface area contributed by atoms with Crippen LogP contribution in [0, 0.1) is 0 Å². The van der Waals surface area contributed by atoms with Gasteiger partial charge >= 0.3 is 0 Å². The molecule has 0 aliphatic carbocycles. The zero-order valence-electron chi connectivity index (χ0n) is 18.5. The zero-order chi connectivity index (χ0) is 21.8. The minimum Gasteiger partial charge on any atom is -0.493 e. The molecule has 168 valence electrons. The van der Waals surface area contributed by atoms with Gasteiger partial charge in [-0.3, -0.25) is 4.90 Å². The Labute approximate surface area is 184 Å². The molecule has 0 N–H and O–H groups in total.